The first-order chi connectivity index (χ1) is 5.27. The molecule has 1 rings (SSSR count). The Morgan fingerprint density at radius 3 is 2.91 bits per heavy atom. The monoisotopic (exact) mass is 151 g/mol. The lowest BCUT2D eigenvalue weighted by Gasteiger charge is -2.05. The smallest absolute Gasteiger partial charge is 0.0560 e. The predicted octanol–water partition coefficient (Wildman–Crippen LogP) is 0.890. The zero-order valence-corrected chi connectivity index (χ0v) is 6.89. The number of hydrogen-bond donors (Lipinski definition) is 2. The first-order valence-corrected chi connectivity index (χ1v) is 3.61. The number of pyridine rings is 1. The van der Waals surface area contributed by atoms with Crippen LogP contribution in [0.5, 0.6) is 0 Å². The molecule has 0 aliphatic rings. The summed E-state index contributed by atoms with van der Waals surface area (Å²) >= 11 is 0. The van der Waals surface area contributed by atoms with E-state index in [1.54, 1.807) is 0 Å². The second-order valence-electron chi connectivity index (χ2n) is 2.44. The molecule has 11 heavy (non-hydrogen) atoms. The summed E-state index contributed by atoms with van der Waals surface area (Å²) in [6, 6.07) is 1.97. The summed E-state index contributed by atoms with van der Waals surface area (Å²) in [5.74, 6) is 0. The van der Waals surface area contributed by atoms with Gasteiger partial charge in [-0.2, -0.15) is 0 Å². The van der Waals surface area contributed by atoms with Crippen LogP contribution in [-0.2, 0) is 6.54 Å². The molecular formula is C8H13N3. The quantitative estimate of drug-likeness (QED) is 0.660. The molecule has 0 fully saturated rings. The molecule has 0 aromatic carbocycles. The molecule has 60 valence electrons. The Balaban J connectivity index is 3.02. The van der Waals surface area contributed by atoms with Crippen molar-refractivity contribution < 1.29 is 0 Å². The van der Waals surface area contributed by atoms with Crippen molar-refractivity contribution in [3.05, 3.63) is 23.5 Å². The van der Waals surface area contributed by atoms with Gasteiger partial charge in [0.1, 0.15) is 0 Å². The van der Waals surface area contributed by atoms with Gasteiger partial charge in [-0.05, 0) is 18.6 Å². The molecule has 0 spiro atoms. The van der Waals surface area contributed by atoms with E-state index in [1.165, 1.54) is 0 Å². The number of aryl methyl sites for hydroxylation is 1. The second-order valence-corrected chi connectivity index (χ2v) is 2.44. The summed E-state index contributed by atoms with van der Waals surface area (Å²) in [6.45, 7) is 2.51. The Morgan fingerprint density at radius 1 is 1.64 bits per heavy atom. The number of anilines is 1. The zero-order valence-electron chi connectivity index (χ0n) is 6.89. The fourth-order valence-electron chi connectivity index (χ4n) is 0.948. The first-order valence-electron chi connectivity index (χ1n) is 3.61. The third-order valence-corrected chi connectivity index (χ3v) is 1.64. The van der Waals surface area contributed by atoms with E-state index in [4.69, 9.17) is 5.73 Å². The van der Waals surface area contributed by atoms with Gasteiger partial charge in [-0.25, -0.2) is 0 Å². The summed E-state index contributed by atoms with van der Waals surface area (Å²) in [5, 5.41) is 3.07. The van der Waals surface area contributed by atoms with E-state index in [1.807, 2.05) is 26.2 Å². The Bertz CT molecular complexity index is 245. The third kappa shape index (κ3) is 1.68. The van der Waals surface area contributed by atoms with Gasteiger partial charge < -0.3 is 11.1 Å². The summed E-state index contributed by atoms with van der Waals surface area (Å²) in [6.07, 6.45) is 1.83. The maximum absolute atomic E-state index is 5.43. The fourth-order valence-corrected chi connectivity index (χ4v) is 0.948. The summed E-state index contributed by atoms with van der Waals surface area (Å²) < 4.78 is 0. The van der Waals surface area contributed by atoms with Crippen LogP contribution in [-0.4, -0.2) is 12.0 Å². The van der Waals surface area contributed by atoms with E-state index in [2.05, 4.69) is 10.3 Å². The molecule has 0 atom stereocenters. The van der Waals surface area contributed by atoms with Crippen molar-refractivity contribution in [2.24, 2.45) is 5.73 Å². The molecule has 0 bridgehead atoms. The number of rotatable bonds is 2. The van der Waals surface area contributed by atoms with E-state index >= 15 is 0 Å². The molecule has 1 heterocycles. The van der Waals surface area contributed by atoms with Crippen LogP contribution in [0.3, 0.4) is 0 Å². The van der Waals surface area contributed by atoms with Crippen molar-refractivity contribution in [1.29, 1.82) is 0 Å². The van der Waals surface area contributed by atoms with Crippen LogP contribution in [0.15, 0.2) is 12.3 Å². The van der Waals surface area contributed by atoms with Gasteiger partial charge in [0.15, 0.2) is 0 Å². The number of hydrogen-bond acceptors (Lipinski definition) is 3. The standard InChI is InChI=1S/C8H13N3/c1-6-5-11-7(4-9)3-8(6)10-2/h3,5H,4,9H2,1-2H3,(H,10,11). The number of aromatic nitrogens is 1. The summed E-state index contributed by atoms with van der Waals surface area (Å²) in [5.41, 5.74) is 8.59. The lowest BCUT2D eigenvalue weighted by molar-refractivity contribution is 0.985. The van der Waals surface area contributed by atoms with Gasteiger partial charge >= 0.3 is 0 Å². The molecule has 3 nitrogen and oxygen atoms in total. The minimum absolute atomic E-state index is 0.495. The van der Waals surface area contributed by atoms with Crippen molar-refractivity contribution in [2.75, 3.05) is 12.4 Å². The van der Waals surface area contributed by atoms with E-state index in [0.717, 1.165) is 16.9 Å². The highest BCUT2D eigenvalue weighted by molar-refractivity contribution is 5.49. The van der Waals surface area contributed by atoms with Crippen molar-refractivity contribution in [3.8, 4) is 0 Å². The molecule has 1 aromatic rings. The van der Waals surface area contributed by atoms with Gasteiger partial charge in [0.2, 0.25) is 0 Å². The van der Waals surface area contributed by atoms with Gasteiger partial charge in [0.25, 0.3) is 0 Å². The van der Waals surface area contributed by atoms with Crippen molar-refractivity contribution >= 4 is 5.69 Å². The molecule has 1 aromatic heterocycles. The van der Waals surface area contributed by atoms with Crippen molar-refractivity contribution in [3.63, 3.8) is 0 Å². The molecule has 0 aliphatic heterocycles. The second kappa shape index (κ2) is 3.34. The highest BCUT2D eigenvalue weighted by Gasteiger charge is 1.96. The lowest BCUT2D eigenvalue weighted by Crippen LogP contribution is -2.01. The Labute approximate surface area is 66.6 Å². The van der Waals surface area contributed by atoms with Crippen molar-refractivity contribution in [1.82, 2.24) is 4.98 Å². The van der Waals surface area contributed by atoms with E-state index in [-0.39, 0.29) is 0 Å². The van der Waals surface area contributed by atoms with Gasteiger partial charge in [-0.1, -0.05) is 0 Å². The summed E-state index contributed by atoms with van der Waals surface area (Å²) in [4.78, 5) is 4.14. The van der Waals surface area contributed by atoms with Crippen LogP contribution >= 0.6 is 0 Å². The predicted molar refractivity (Wildman–Crippen MR) is 46.4 cm³/mol. The van der Waals surface area contributed by atoms with Crippen LogP contribution in [0, 0.1) is 6.92 Å². The van der Waals surface area contributed by atoms with Gasteiger partial charge in [0.05, 0.1) is 5.69 Å². The maximum Gasteiger partial charge on any atom is 0.0560 e. The SMILES string of the molecule is CNc1cc(CN)ncc1C. The molecule has 3 N–H and O–H groups in total. The fraction of sp³-hybridized carbons (Fsp3) is 0.375. The average molecular weight is 151 g/mol. The molecule has 0 amide bonds. The minimum atomic E-state index is 0.495. The van der Waals surface area contributed by atoms with Crippen LogP contribution in [0.4, 0.5) is 5.69 Å². The van der Waals surface area contributed by atoms with Gasteiger partial charge in [-0.15, -0.1) is 0 Å². The molecule has 0 saturated heterocycles. The molecule has 3 heteroatoms. The highest BCUT2D eigenvalue weighted by Crippen LogP contribution is 2.12. The van der Waals surface area contributed by atoms with Crippen molar-refractivity contribution in [2.45, 2.75) is 13.5 Å². The molecule has 0 radical (unpaired) electrons. The molecule has 0 unspecified atom stereocenters. The van der Waals surface area contributed by atoms with Gasteiger partial charge in [-0.3, -0.25) is 4.98 Å². The first kappa shape index (κ1) is 8.01. The Kier molecular flexibility index (Phi) is 2.44. The topological polar surface area (TPSA) is 50.9 Å². The minimum Gasteiger partial charge on any atom is -0.388 e. The van der Waals surface area contributed by atoms with Crippen LogP contribution < -0.4 is 11.1 Å². The van der Waals surface area contributed by atoms with E-state index in [9.17, 15) is 0 Å². The number of nitrogens with one attached hydrogen (secondary N) is 1. The van der Waals surface area contributed by atoms with Crippen LogP contribution in [0.2, 0.25) is 0 Å². The lowest BCUT2D eigenvalue weighted by atomic mass is 10.2. The normalized spacial score (nSPS) is 9.73. The average Bonchev–Trinajstić information content (AvgIpc) is 2.05. The van der Waals surface area contributed by atoms with Gasteiger partial charge in [0, 0.05) is 25.5 Å². The third-order valence-electron chi connectivity index (χ3n) is 1.64. The summed E-state index contributed by atoms with van der Waals surface area (Å²) in [7, 11) is 1.89. The Hall–Kier alpha value is -1.09. The largest absolute Gasteiger partial charge is 0.388 e. The van der Waals surface area contributed by atoms with Crippen LogP contribution in [0.1, 0.15) is 11.3 Å². The zero-order chi connectivity index (χ0) is 8.27. The number of nitrogens with two attached hydrogens (primary N) is 1. The van der Waals surface area contributed by atoms with Crippen LogP contribution in [0.25, 0.3) is 0 Å². The molecule has 0 aliphatic carbocycles. The molecule has 0 saturated carbocycles. The highest BCUT2D eigenvalue weighted by atomic mass is 14.8. The maximum atomic E-state index is 5.43. The molecular weight excluding hydrogens is 138 g/mol. The van der Waals surface area contributed by atoms with E-state index < -0.39 is 0 Å². The Morgan fingerprint density at radius 2 is 2.36 bits per heavy atom. The van der Waals surface area contributed by atoms with E-state index in [0.29, 0.717) is 6.54 Å². The number of nitrogens with zero attached hydrogens (tertiary/aromatic N) is 1.